The van der Waals surface area contributed by atoms with Gasteiger partial charge in [-0.15, -0.1) is 0 Å². The molecule has 0 aliphatic heterocycles. The first-order chi connectivity index (χ1) is 15.1. The summed E-state index contributed by atoms with van der Waals surface area (Å²) in [6.45, 7) is 5.03. The van der Waals surface area contributed by atoms with Crippen LogP contribution in [0.25, 0.3) is 10.9 Å². The summed E-state index contributed by atoms with van der Waals surface area (Å²) in [5, 5.41) is 4.24. The van der Waals surface area contributed by atoms with Gasteiger partial charge in [-0.25, -0.2) is 0 Å². The van der Waals surface area contributed by atoms with Gasteiger partial charge in [0.25, 0.3) is 0 Å². The van der Waals surface area contributed by atoms with Crippen LogP contribution in [0.2, 0.25) is 0 Å². The highest BCUT2D eigenvalue weighted by Gasteiger charge is 2.63. The van der Waals surface area contributed by atoms with Crippen LogP contribution in [-0.2, 0) is 5.41 Å². The van der Waals surface area contributed by atoms with Crippen LogP contribution < -0.4 is 10.6 Å². The largest absolute Gasteiger partial charge is 0.252 e. The minimum atomic E-state index is -0.456. The smallest absolute Gasteiger partial charge is 0.0705 e. The number of rotatable bonds is 4. The lowest BCUT2D eigenvalue weighted by atomic mass is 9.69. The molecule has 2 aliphatic carbocycles. The molecule has 1 fully saturated rings. The summed E-state index contributed by atoms with van der Waals surface area (Å²) in [5.74, 6) is 0.614. The molecular weight excluding hydrogens is 393 g/mol. The highest BCUT2D eigenvalue weighted by molar-refractivity contribution is 7.73. The molecule has 31 heavy (non-hydrogen) atoms. The summed E-state index contributed by atoms with van der Waals surface area (Å²) in [4.78, 5) is 5.36. The maximum Gasteiger partial charge on any atom is 0.0705 e. The summed E-state index contributed by atoms with van der Waals surface area (Å²) in [7, 11) is -0.456. The van der Waals surface area contributed by atoms with E-state index in [9.17, 15) is 0 Å². The molecule has 2 heteroatoms. The fraction of sp³-hybridized carbons (Fsp3) is 0.276. The van der Waals surface area contributed by atoms with Gasteiger partial charge in [-0.05, 0) is 66.6 Å². The van der Waals surface area contributed by atoms with Crippen molar-refractivity contribution < 1.29 is 0 Å². The van der Waals surface area contributed by atoms with Gasteiger partial charge in [0, 0.05) is 10.8 Å². The Kier molecular flexibility index (Phi) is 4.34. The maximum absolute atomic E-state index is 5.36. The molecule has 0 amide bonds. The highest BCUT2D eigenvalue weighted by Crippen LogP contribution is 2.70. The molecule has 0 radical (unpaired) electrons. The van der Waals surface area contributed by atoms with Crippen LogP contribution in [0, 0.1) is 5.41 Å². The van der Waals surface area contributed by atoms with Crippen LogP contribution in [0.15, 0.2) is 91.0 Å². The average molecular weight is 422 g/mol. The highest BCUT2D eigenvalue weighted by atomic mass is 31.1. The Hall–Kier alpha value is -2.50. The molecule has 0 saturated heterocycles. The minimum absolute atomic E-state index is 0.133. The first kappa shape index (κ1) is 19.2. The average Bonchev–Trinajstić information content (AvgIpc) is 3.17. The van der Waals surface area contributed by atoms with Gasteiger partial charge < -0.3 is 0 Å². The molecule has 1 heterocycles. The van der Waals surface area contributed by atoms with Gasteiger partial charge in [0.1, 0.15) is 0 Å². The summed E-state index contributed by atoms with van der Waals surface area (Å²) >= 11 is 0. The second-order valence-electron chi connectivity index (χ2n) is 9.77. The second-order valence-corrected chi connectivity index (χ2v) is 12.0. The zero-order valence-electron chi connectivity index (χ0n) is 18.3. The third kappa shape index (κ3) is 2.76. The molecule has 1 nitrogen and oxygen atoms in total. The van der Waals surface area contributed by atoms with Crippen molar-refractivity contribution in [1.82, 2.24) is 4.98 Å². The van der Waals surface area contributed by atoms with E-state index in [1.54, 1.807) is 0 Å². The lowest BCUT2D eigenvalue weighted by Crippen LogP contribution is -2.40. The SMILES string of the molecule is CC1(C)[C@@H]2CC[C@@]1(CP(c1ccccc1)c1ccccc1)c1nc3ccccc3cc12. The molecule has 0 N–H and O–H groups in total. The van der Waals surface area contributed by atoms with Crippen LogP contribution in [-0.4, -0.2) is 11.1 Å². The van der Waals surface area contributed by atoms with Gasteiger partial charge >= 0.3 is 0 Å². The third-order valence-electron chi connectivity index (χ3n) is 8.11. The van der Waals surface area contributed by atoms with E-state index in [1.807, 2.05) is 0 Å². The van der Waals surface area contributed by atoms with Crippen LogP contribution in [0.5, 0.6) is 0 Å². The van der Waals surface area contributed by atoms with Crippen molar-refractivity contribution >= 4 is 29.4 Å². The lowest BCUT2D eigenvalue weighted by Gasteiger charge is -2.41. The van der Waals surface area contributed by atoms with Gasteiger partial charge in [-0.1, -0.05) is 92.7 Å². The Bertz CT molecular complexity index is 1210. The first-order valence-corrected chi connectivity index (χ1v) is 12.9. The van der Waals surface area contributed by atoms with E-state index in [-0.39, 0.29) is 10.8 Å². The van der Waals surface area contributed by atoms with Crippen molar-refractivity contribution in [3.8, 4) is 0 Å². The Balaban J connectivity index is 1.54. The third-order valence-corrected chi connectivity index (χ3v) is 10.8. The molecule has 154 valence electrons. The van der Waals surface area contributed by atoms with E-state index in [0.29, 0.717) is 5.92 Å². The topological polar surface area (TPSA) is 12.9 Å². The Labute approximate surface area is 186 Å². The molecule has 2 atom stereocenters. The van der Waals surface area contributed by atoms with E-state index in [0.717, 1.165) is 5.52 Å². The predicted molar refractivity (Wildman–Crippen MR) is 133 cm³/mol. The predicted octanol–water partition coefficient (Wildman–Crippen LogP) is 6.52. The summed E-state index contributed by atoms with van der Waals surface area (Å²) in [5.41, 5.74) is 4.42. The standard InChI is InChI=1S/C29H28NP/c1-28(2)25-17-18-29(28,27-24(25)19-21-11-9-10-16-26(21)30-27)20-31(22-12-5-3-6-13-22)23-14-7-4-8-15-23/h3-16,19,25H,17-18,20H2,1-2H3/t25-,29-/m1/s1. The summed E-state index contributed by atoms with van der Waals surface area (Å²) in [6, 6.07) is 33.5. The first-order valence-electron chi connectivity index (χ1n) is 11.4. The van der Waals surface area contributed by atoms with Crippen LogP contribution in [0.1, 0.15) is 43.9 Å². The number of nitrogens with zero attached hydrogens (tertiary/aromatic N) is 1. The molecule has 3 aromatic carbocycles. The van der Waals surface area contributed by atoms with E-state index < -0.39 is 7.92 Å². The lowest BCUT2D eigenvalue weighted by molar-refractivity contribution is 0.231. The van der Waals surface area contributed by atoms with Gasteiger partial charge in [-0.3, -0.25) is 4.98 Å². The van der Waals surface area contributed by atoms with E-state index in [4.69, 9.17) is 4.98 Å². The number of fused-ring (bicyclic) bond motifs is 6. The molecule has 2 aliphatic rings. The number of para-hydroxylation sites is 1. The Morgan fingerprint density at radius 1 is 0.839 bits per heavy atom. The van der Waals surface area contributed by atoms with E-state index >= 15 is 0 Å². The molecule has 0 spiro atoms. The van der Waals surface area contributed by atoms with E-state index in [2.05, 4.69) is 105 Å². The van der Waals surface area contributed by atoms with Gasteiger partial charge in [0.05, 0.1) is 11.2 Å². The van der Waals surface area contributed by atoms with Crippen LogP contribution in [0.4, 0.5) is 0 Å². The fourth-order valence-corrected chi connectivity index (χ4v) is 9.31. The normalized spacial score (nSPS) is 23.4. The summed E-state index contributed by atoms with van der Waals surface area (Å²) in [6.07, 6.45) is 3.71. The van der Waals surface area contributed by atoms with Crippen LogP contribution in [0.3, 0.4) is 0 Å². The molecular formula is C29H28NP. The Morgan fingerprint density at radius 2 is 1.45 bits per heavy atom. The molecule has 4 aromatic rings. The van der Waals surface area contributed by atoms with Crippen molar-refractivity contribution in [3.63, 3.8) is 0 Å². The van der Waals surface area contributed by atoms with Crippen molar-refractivity contribution in [3.05, 3.63) is 102 Å². The fourth-order valence-electron chi connectivity index (χ4n) is 6.33. The molecule has 1 saturated carbocycles. The molecule has 6 rings (SSSR count). The molecule has 0 unspecified atom stereocenters. The van der Waals surface area contributed by atoms with Crippen molar-refractivity contribution in [2.24, 2.45) is 5.41 Å². The van der Waals surface area contributed by atoms with Gasteiger partial charge in [0.2, 0.25) is 0 Å². The molecule has 2 bridgehead atoms. The second kappa shape index (κ2) is 7.01. The van der Waals surface area contributed by atoms with Crippen LogP contribution >= 0.6 is 7.92 Å². The number of pyridine rings is 1. The monoisotopic (exact) mass is 421 g/mol. The minimum Gasteiger partial charge on any atom is -0.252 e. The number of hydrogen-bond donors (Lipinski definition) is 0. The Morgan fingerprint density at radius 3 is 2.13 bits per heavy atom. The summed E-state index contributed by atoms with van der Waals surface area (Å²) < 4.78 is 0. The molecule has 1 aromatic heterocycles. The zero-order chi connectivity index (χ0) is 21.1. The van der Waals surface area contributed by atoms with Crippen molar-refractivity contribution in [2.75, 3.05) is 6.16 Å². The number of benzene rings is 3. The number of hydrogen-bond acceptors (Lipinski definition) is 1. The zero-order valence-corrected chi connectivity index (χ0v) is 19.1. The quantitative estimate of drug-likeness (QED) is 0.342. The van der Waals surface area contributed by atoms with Gasteiger partial charge in [-0.2, -0.15) is 0 Å². The number of aromatic nitrogens is 1. The maximum atomic E-state index is 5.36. The van der Waals surface area contributed by atoms with Gasteiger partial charge in [0.15, 0.2) is 0 Å². The van der Waals surface area contributed by atoms with Crippen molar-refractivity contribution in [2.45, 2.75) is 38.0 Å². The van der Waals surface area contributed by atoms with E-state index in [1.165, 1.54) is 46.3 Å². The van der Waals surface area contributed by atoms with Crippen molar-refractivity contribution in [1.29, 1.82) is 0 Å².